The highest BCUT2D eigenvalue weighted by molar-refractivity contribution is 5.54. The molecule has 1 fully saturated rings. The first kappa shape index (κ1) is 13.5. The molecule has 20 heavy (non-hydrogen) atoms. The summed E-state index contributed by atoms with van der Waals surface area (Å²) in [5.74, 6) is 1.23. The van der Waals surface area contributed by atoms with E-state index in [-0.39, 0.29) is 23.7 Å². The topological polar surface area (TPSA) is 49.7 Å². The lowest BCUT2D eigenvalue weighted by Crippen LogP contribution is -2.50. The van der Waals surface area contributed by atoms with E-state index in [1.54, 1.807) is 6.07 Å². The van der Waals surface area contributed by atoms with E-state index in [4.69, 9.17) is 4.74 Å². The number of rotatable bonds is 1. The third-order valence-corrected chi connectivity index (χ3v) is 4.82. The van der Waals surface area contributed by atoms with Gasteiger partial charge in [0.2, 0.25) is 0 Å². The van der Waals surface area contributed by atoms with Crippen molar-refractivity contribution in [3.8, 4) is 11.5 Å². The first-order chi connectivity index (χ1) is 9.31. The molecule has 1 aliphatic carbocycles. The van der Waals surface area contributed by atoms with Crippen LogP contribution < -0.4 is 4.74 Å². The number of allylic oxidation sites excluding steroid dienone is 1. The first-order valence-electron chi connectivity index (χ1n) is 7.19. The van der Waals surface area contributed by atoms with Gasteiger partial charge in [0.25, 0.3) is 0 Å². The van der Waals surface area contributed by atoms with Crippen LogP contribution in [0, 0.1) is 12.8 Å². The summed E-state index contributed by atoms with van der Waals surface area (Å²) in [6, 6.07) is 3.71. The minimum Gasteiger partial charge on any atom is -0.508 e. The van der Waals surface area contributed by atoms with E-state index in [0.717, 1.165) is 23.1 Å². The van der Waals surface area contributed by atoms with Crippen molar-refractivity contribution in [3.63, 3.8) is 0 Å². The summed E-state index contributed by atoms with van der Waals surface area (Å²) in [7, 11) is 0. The van der Waals surface area contributed by atoms with Crippen molar-refractivity contribution in [3.05, 3.63) is 35.4 Å². The molecule has 0 aromatic heterocycles. The highest BCUT2D eigenvalue weighted by Crippen LogP contribution is 2.55. The van der Waals surface area contributed by atoms with Gasteiger partial charge in [-0.2, -0.15) is 0 Å². The fourth-order valence-electron chi connectivity index (χ4n) is 3.79. The van der Waals surface area contributed by atoms with Crippen molar-refractivity contribution in [1.82, 2.24) is 0 Å². The van der Waals surface area contributed by atoms with Crippen molar-refractivity contribution in [1.29, 1.82) is 0 Å². The molecule has 1 aromatic rings. The van der Waals surface area contributed by atoms with Crippen LogP contribution in [-0.2, 0) is 0 Å². The van der Waals surface area contributed by atoms with Crippen LogP contribution in [0.5, 0.6) is 11.5 Å². The Hall–Kier alpha value is -1.48. The number of aliphatic hydroxyl groups is 1. The number of aromatic hydroxyl groups is 1. The van der Waals surface area contributed by atoms with E-state index in [1.807, 2.05) is 26.8 Å². The Morgan fingerprint density at radius 1 is 1.45 bits per heavy atom. The van der Waals surface area contributed by atoms with E-state index in [0.29, 0.717) is 12.2 Å². The lowest BCUT2D eigenvalue weighted by atomic mass is 9.66. The van der Waals surface area contributed by atoms with Crippen molar-refractivity contribution >= 4 is 0 Å². The van der Waals surface area contributed by atoms with Gasteiger partial charge < -0.3 is 14.9 Å². The van der Waals surface area contributed by atoms with Gasteiger partial charge >= 0.3 is 0 Å². The molecule has 0 amide bonds. The van der Waals surface area contributed by atoms with Gasteiger partial charge in [-0.15, -0.1) is 0 Å². The van der Waals surface area contributed by atoms with E-state index >= 15 is 0 Å². The summed E-state index contributed by atoms with van der Waals surface area (Å²) in [6.45, 7) is 9.87. The lowest BCUT2D eigenvalue weighted by Gasteiger charge is -2.42. The number of benzene rings is 1. The zero-order valence-corrected chi connectivity index (χ0v) is 12.3. The molecular weight excluding hydrogens is 252 g/mol. The zero-order valence-electron chi connectivity index (χ0n) is 12.3. The van der Waals surface area contributed by atoms with E-state index in [2.05, 4.69) is 6.58 Å². The molecule has 1 saturated carbocycles. The molecule has 0 radical (unpaired) electrons. The molecule has 0 bridgehead atoms. The van der Waals surface area contributed by atoms with Crippen molar-refractivity contribution < 1.29 is 14.9 Å². The Kier molecular flexibility index (Phi) is 2.87. The second-order valence-corrected chi connectivity index (χ2v) is 6.61. The molecular formula is C17H22O3. The maximum Gasteiger partial charge on any atom is 0.135 e. The molecule has 0 spiro atoms. The fourth-order valence-corrected chi connectivity index (χ4v) is 3.79. The van der Waals surface area contributed by atoms with Crippen LogP contribution in [0.1, 0.15) is 43.7 Å². The number of phenolic OH excluding ortho intramolecular Hbond substituents is 1. The second-order valence-electron chi connectivity index (χ2n) is 6.61. The molecule has 4 atom stereocenters. The molecule has 1 aliphatic heterocycles. The zero-order chi connectivity index (χ0) is 14.7. The minimum absolute atomic E-state index is 0.00755. The van der Waals surface area contributed by atoms with Crippen LogP contribution in [0.25, 0.3) is 0 Å². The fraction of sp³-hybridized carbons (Fsp3) is 0.529. The maximum atomic E-state index is 10.6. The lowest BCUT2D eigenvalue weighted by molar-refractivity contribution is -0.0824. The Morgan fingerprint density at radius 3 is 2.80 bits per heavy atom. The summed E-state index contributed by atoms with van der Waals surface area (Å²) in [5, 5.41) is 21.0. The van der Waals surface area contributed by atoms with Gasteiger partial charge in [-0.25, -0.2) is 0 Å². The van der Waals surface area contributed by atoms with Gasteiger partial charge in [-0.3, -0.25) is 0 Å². The van der Waals surface area contributed by atoms with E-state index in [1.165, 1.54) is 0 Å². The van der Waals surface area contributed by atoms with Crippen LogP contribution in [0.4, 0.5) is 0 Å². The molecule has 0 saturated heterocycles. The smallest absolute Gasteiger partial charge is 0.135 e. The van der Waals surface area contributed by atoms with Crippen molar-refractivity contribution in [2.45, 2.75) is 51.2 Å². The van der Waals surface area contributed by atoms with Crippen LogP contribution in [-0.4, -0.2) is 21.9 Å². The summed E-state index contributed by atoms with van der Waals surface area (Å²) < 4.78 is 6.02. The highest BCUT2D eigenvalue weighted by atomic mass is 16.5. The summed E-state index contributed by atoms with van der Waals surface area (Å²) in [4.78, 5) is 0. The molecule has 2 aliphatic rings. The SMILES string of the molecule is C=C(C)C1CCC(C)(O)C2Oc3cc(C)cc(O)c3C12. The van der Waals surface area contributed by atoms with E-state index in [9.17, 15) is 10.2 Å². The Bertz CT molecular complexity index is 574. The Balaban J connectivity index is 2.14. The largest absolute Gasteiger partial charge is 0.508 e. The monoisotopic (exact) mass is 274 g/mol. The molecule has 108 valence electrons. The number of fused-ring (bicyclic) bond motifs is 3. The van der Waals surface area contributed by atoms with Crippen LogP contribution in [0.2, 0.25) is 0 Å². The van der Waals surface area contributed by atoms with Gasteiger partial charge in [0.1, 0.15) is 17.6 Å². The van der Waals surface area contributed by atoms with Gasteiger partial charge in [0.15, 0.2) is 0 Å². The van der Waals surface area contributed by atoms with Crippen molar-refractivity contribution in [2.75, 3.05) is 0 Å². The van der Waals surface area contributed by atoms with Gasteiger partial charge in [-0.1, -0.05) is 12.2 Å². The Labute approximate surface area is 119 Å². The maximum absolute atomic E-state index is 10.6. The highest BCUT2D eigenvalue weighted by Gasteiger charge is 2.53. The second kappa shape index (κ2) is 4.26. The van der Waals surface area contributed by atoms with Gasteiger partial charge in [0.05, 0.1) is 5.60 Å². The summed E-state index contributed by atoms with van der Waals surface area (Å²) >= 11 is 0. The Morgan fingerprint density at radius 2 is 2.15 bits per heavy atom. The van der Waals surface area contributed by atoms with Crippen LogP contribution in [0.15, 0.2) is 24.3 Å². The quantitative estimate of drug-likeness (QED) is 0.773. The predicted molar refractivity (Wildman–Crippen MR) is 78.2 cm³/mol. The minimum atomic E-state index is -0.865. The molecule has 3 heteroatoms. The molecule has 2 N–H and O–H groups in total. The average molecular weight is 274 g/mol. The molecule has 1 heterocycles. The number of phenols is 1. The standard InChI is InChI=1S/C17H22O3/c1-9(2)11-5-6-17(4,19)16-14(11)15-12(18)7-10(3)8-13(15)20-16/h7-8,11,14,16,18-19H,1,5-6H2,2-4H3. The summed E-state index contributed by atoms with van der Waals surface area (Å²) in [6.07, 6.45) is 1.26. The normalized spacial score (nSPS) is 35.1. The van der Waals surface area contributed by atoms with Crippen LogP contribution >= 0.6 is 0 Å². The van der Waals surface area contributed by atoms with E-state index < -0.39 is 5.60 Å². The van der Waals surface area contributed by atoms with Crippen LogP contribution in [0.3, 0.4) is 0 Å². The molecule has 3 rings (SSSR count). The van der Waals surface area contributed by atoms with Crippen molar-refractivity contribution in [2.24, 2.45) is 5.92 Å². The third kappa shape index (κ3) is 1.84. The van der Waals surface area contributed by atoms with Gasteiger partial charge in [-0.05, 0) is 57.2 Å². The summed E-state index contributed by atoms with van der Waals surface area (Å²) in [5.41, 5.74) is 2.03. The van der Waals surface area contributed by atoms with Gasteiger partial charge in [0, 0.05) is 11.5 Å². The average Bonchev–Trinajstić information content (AvgIpc) is 2.69. The number of aryl methyl sites for hydroxylation is 1. The molecule has 1 aromatic carbocycles. The number of hydrogen-bond acceptors (Lipinski definition) is 3. The first-order valence-corrected chi connectivity index (χ1v) is 7.19. The number of hydrogen-bond donors (Lipinski definition) is 2. The molecule has 4 unspecified atom stereocenters. The predicted octanol–water partition coefficient (Wildman–Crippen LogP) is 3.28. The number of ether oxygens (including phenoxy) is 1. The molecule has 3 nitrogen and oxygen atoms in total. The third-order valence-electron chi connectivity index (χ3n) is 4.82.